The molecule has 0 aromatic heterocycles. The second-order valence-electron chi connectivity index (χ2n) is 11.4. The Labute approximate surface area is 282 Å². The standard InChI is InChI=1S/C36H39Cl2N3O4S/c1-5-27(4)39-36(43)34(21-28-11-7-6-8-12-28)40(23-29-13-9-10-14-32(29)37)35(42)24-41(30-18-17-26(3)33(38)22-30)46(44,45)31-19-15-25(2)16-20-31/h6-20,22,27,34H,5,21,23-24H2,1-4H3,(H,39,43). The average molecular weight is 681 g/mol. The van der Waals surface area contributed by atoms with Gasteiger partial charge in [0.1, 0.15) is 12.6 Å². The molecule has 7 nitrogen and oxygen atoms in total. The quantitative estimate of drug-likeness (QED) is 0.160. The molecule has 4 aromatic rings. The number of aryl methyl sites for hydroxylation is 2. The summed E-state index contributed by atoms with van der Waals surface area (Å²) in [5.41, 5.74) is 3.35. The Morgan fingerprint density at radius 1 is 0.848 bits per heavy atom. The molecule has 0 radical (unpaired) electrons. The largest absolute Gasteiger partial charge is 0.352 e. The van der Waals surface area contributed by atoms with E-state index in [4.69, 9.17) is 23.2 Å². The van der Waals surface area contributed by atoms with E-state index >= 15 is 0 Å². The highest BCUT2D eigenvalue weighted by atomic mass is 35.5. The van der Waals surface area contributed by atoms with Crippen LogP contribution < -0.4 is 9.62 Å². The van der Waals surface area contributed by atoms with Crippen molar-refractivity contribution in [3.63, 3.8) is 0 Å². The highest BCUT2D eigenvalue weighted by Gasteiger charge is 2.35. The lowest BCUT2D eigenvalue weighted by Crippen LogP contribution is -2.54. The molecule has 0 fully saturated rings. The summed E-state index contributed by atoms with van der Waals surface area (Å²) in [7, 11) is -4.24. The first kappa shape index (κ1) is 35.0. The third kappa shape index (κ3) is 8.69. The van der Waals surface area contributed by atoms with Gasteiger partial charge in [-0.15, -0.1) is 0 Å². The number of amides is 2. The Morgan fingerprint density at radius 3 is 2.13 bits per heavy atom. The van der Waals surface area contributed by atoms with Crippen molar-refractivity contribution in [2.75, 3.05) is 10.8 Å². The maximum atomic E-state index is 14.6. The first-order valence-electron chi connectivity index (χ1n) is 15.1. The van der Waals surface area contributed by atoms with Gasteiger partial charge in [-0.25, -0.2) is 8.42 Å². The number of rotatable bonds is 13. The van der Waals surface area contributed by atoms with Gasteiger partial charge in [-0.05, 0) is 74.2 Å². The Kier molecular flexibility index (Phi) is 11.9. The maximum absolute atomic E-state index is 14.6. The normalized spacial score (nSPS) is 12.7. The van der Waals surface area contributed by atoms with Crippen LogP contribution in [0.1, 0.15) is 42.5 Å². The molecule has 0 heterocycles. The molecular weight excluding hydrogens is 641 g/mol. The highest BCUT2D eigenvalue weighted by Crippen LogP contribution is 2.29. The van der Waals surface area contributed by atoms with Crippen LogP contribution in [0.3, 0.4) is 0 Å². The average Bonchev–Trinajstić information content (AvgIpc) is 3.04. The lowest BCUT2D eigenvalue weighted by molar-refractivity contribution is -0.140. The van der Waals surface area contributed by atoms with E-state index in [0.29, 0.717) is 22.0 Å². The molecule has 2 unspecified atom stereocenters. The molecule has 0 aliphatic rings. The lowest BCUT2D eigenvalue weighted by Gasteiger charge is -2.34. The summed E-state index contributed by atoms with van der Waals surface area (Å²) in [5.74, 6) is -0.919. The fourth-order valence-corrected chi connectivity index (χ4v) is 6.68. The van der Waals surface area contributed by atoms with Crippen molar-refractivity contribution in [2.24, 2.45) is 0 Å². The summed E-state index contributed by atoms with van der Waals surface area (Å²) in [4.78, 5) is 30.0. The number of hydrogen-bond donors (Lipinski definition) is 1. The Balaban J connectivity index is 1.83. The van der Waals surface area contributed by atoms with Crippen molar-refractivity contribution >= 4 is 50.7 Å². The number of benzene rings is 4. The molecule has 242 valence electrons. The molecule has 46 heavy (non-hydrogen) atoms. The second kappa shape index (κ2) is 15.6. The van der Waals surface area contributed by atoms with Gasteiger partial charge in [0.05, 0.1) is 10.6 Å². The van der Waals surface area contributed by atoms with E-state index in [-0.39, 0.29) is 35.5 Å². The van der Waals surface area contributed by atoms with Gasteiger partial charge in [-0.2, -0.15) is 0 Å². The third-order valence-electron chi connectivity index (χ3n) is 7.90. The van der Waals surface area contributed by atoms with Gasteiger partial charge >= 0.3 is 0 Å². The van der Waals surface area contributed by atoms with Crippen molar-refractivity contribution in [2.45, 2.75) is 64.1 Å². The third-order valence-corrected chi connectivity index (χ3v) is 10.5. The molecule has 2 atom stereocenters. The van der Waals surface area contributed by atoms with E-state index in [1.807, 2.05) is 58.0 Å². The van der Waals surface area contributed by atoms with Crippen LogP contribution in [0, 0.1) is 13.8 Å². The first-order valence-corrected chi connectivity index (χ1v) is 17.3. The van der Waals surface area contributed by atoms with Crippen LogP contribution in [0.25, 0.3) is 0 Å². The number of anilines is 1. The lowest BCUT2D eigenvalue weighted by atomic mass is 10.0. The molecule has 0 saturated carbocycles. The summed E-state index contributed by atoms with van der Waals surface area (Å²) in [6.07, 6.45) is 0.902. The Hall–Kier alpha value is -3.85. The molecule has 10 heteroatoms. The van der Waals surface area contributed by atoms with Crippen LogP contribution in [0.4, 0.5) is 5.69 Å². The van der Waals surface area contributed by atoms with Gasteiger partial charge in [0.2, 0.25) is 11.8 Å². The number of hydrogen-bond acceptors (Lipinski definition) is 4. The molecule has 0 aliphatic carbocycles. The van der Waals surface area contributed by atoms with Crippen LogP contribution in [0.5, 0.6) is 0 Å². The van der Waals surface area contributed by atoms with Crippen molar-refractivity contribution < 1.29 is 18.0 Å². The second-order valence-corrected chi connectivity index (χ2v) is 14.1. The fourth-order valence-electron chi connectivity index (χ4n) is 4.91. The molecule has 2 amide bonds. The summed E-state index contributed by atoms with van der Waals surface area (Å²) >= 11 is 13.0. The van der Waals surface area contributed by atoms with Crippen molar-refractivity contribution in [3.8, 4) is 0 Å². The summed E-state index contributed by atoms with van der Waals surface area (Å²) in [6.45, 7) is 6.94. The summed E-state index contributed by atoms with van der Waals surface area (Å²) in [5, 5.41) is 3.82. The smallest absolute Gasteiger partial charge is 0.264 e. The number of carbonyl (C=O) groups is 2. The van der Waals surface area contributed by atoms with Crippen molar-refractivity contribution in [1.82, 2.24) is 10.2 Å². The zero-order valence-corrected chi connectivity index (χ0v) is 28.7. The minimum atomic E-state index is -4.24. The van der Waals surface area contributed by atoms with Gasteiger partial charge < -0.3 is 10.2 Å². The monoisotopic (exact) mass is 679 g/mol. The molecule has 0 aliphatic heterocycles. The summed E-state index contributed by atoms with van der Waals surface area (Å²) in [6, 6.07) is 26.7. The molecule has 0 bridgehead atoms. The first-order chi connectivity index (χ1) is 21.9. The van der Waals surface area contributed by atoms with E-state index in [2.05, 4.69) is 5.32 Å². The van der Waals surface area contributed by atoms with Crippen LogP contribution in [-0.4, -0.2) is 43.8 Å². The van der Waals surface area contributed by atoms with Crippen LogP contribution >= 0.6 is 23.2 Å². The summed E-state index contributed by atoms with van der Waals surface area (Å²) < 4.78 is 29.5. The SMILES string of the molecule is CCC(C)NC(=O)C(Cc1ccccc1)N(Cc1ccccc1Cl)C(=O)CN(c1ccc(C)c(Cl)c1)S(=O)(=O)c1ccc(C)cc1. The van der Waals surface area contributed by atoms with Gasteiger partial charge in [-0.1, -0.05) is 102 Å². The predicted molar refractivity (Wildman–Crippen MR) is 186 cm³/mol. The van der Waals surface area contributed by atoms with E-state index in [1.54, 1.807) is 48.5 Å². The molecule has 4 aromatic carbocycles. The van der Waals surface area contributed by atoms with Gasteiger partial charge in [-0.3, -0.25) is 13.9 Å². The highest BCUT2D eigenvalue weighted by molar-refractivity contribution is 7.92. The number of halogens is 2. The van der Waals surface area contributed by atoms with E-state index < -0.39 is 28.5 Å². The van der Waals surface area contributed by atoms with E-state index in [1.165, 1.54) is 23.1 Å². The zero-order valence-electron chi connectivity index (χ0n) is 26.4. The maximum Gasteiger partial charge on any atom is 0.264 e. The zero-order chi connectivity index (χ0) is 33.4. The van der Waals surface area contributed by atoms with Gasteiger partial charge in [0.25, 0.3) is 10.0 Å². The Morgan fingerprint density at radius 2 is 1.50 bits per heavy atom. The fraction of sp³-hybridized carbons (Fsp3) is 0.278. The van der Waals surface area contributed by atoms with Crippen molar-refractivity contribution in [3.05, 3.63) is 129 Å². The molecule has 0 spiro atoms. The van der Waals surface area contributed by atoms with Crippen LogP contribution in [-0.2, 0) is 32.6 Å². The topological polar surface area (TPSA) is 86.8 Å². The van der Waals surface area contributed by atoms with E-state index in [9.17, 15) is 18.0 Å². The van der Waals surface area contributed by atoms with Crippen LogP contribution in [0.2, 0.25) is 10.0 Å². The van der Waals surface area contributed by atoms with E-state index in [0.717, 1.165) is 21.0 Å². The molecule has 0 saturated heterocycles. The van der Waals surface area contributed by atoms with Gasteiger partial charge in [0, 0.05) is 29.1 Å². The Bertz CT molecular complexity index is 1770. The van der Waals surface area contributed by atoms with Gasteiger partial charge in [0.15, 0.2) is 0 Å². The minimum absolute atomic E-state index is 0.0169. The predicted octanol–water partition coefficient (Wildman–Crippen LogP) is 7.36. The van der Waals surface area contributed by atoms with Crippen LogP contribution in [0.15, 0.2) is 102 Å². The molecule has 4 rings (SSSR count). The van der Waals surface area contributed by atoms with Crippen molar-refractivity contribution in [1.29, 1.82) is 0 Å². The minimum Gasteiger partial charge on any atom is -0.352 e. The number of nitrogens with zero attached hydrogens (tertiary/aromatic N) is 2. The molecule has 1 N–H and O–H groups in total. The number of sulfonamides is 1. The molecular formula is C36H39Cl2N3O4S. The number of nitrogens with one attached hydrogen (secondary N) is 1. The number of carbonyl (C=O) groups excluding carboxylic acids is 2.